The number of rotatable bonds is 3. The van der Waals surface area contributed by atoms with Crippen LogP contribution in [0.5, 0.6) is 0 Å². The van der Waals surface area contributed by atoms with Crippen LogP contribution >= 0.6 is 0 Å². The smallest absolute Gasteiger partial charge is 0.223 e. The Kier molecular flexibility index (Phi) is 2.93. The molecule has 0 radical (unpaired) electrons. The molecular formula is C10H15N3O. The van der Waals surface area contributed by atoms with E-state index in [-0.39, 0.29) is 0 Å². The molecule has 4 nitrogen and oxygen atoms in total. The summed E-state index contributed by atoms with van der Waals surface area (Å²) in [4.78, 5) is 4.13. The first-order valence-electron chi connectivity index (χ1n) is 5.04. The molecule has 0 spiro atoms. The average molecular weight is 193 g/mol. The Balaban J connectivity index is 1.82. The summed E-state index contributed by atoms with van der Waals surface area (Å²) < 4.78 is 4.89. The zero-order valence-electron chi connectivity index (χ0n) is 8.36. The van der Waals surface area contributed by atoms with Crippen molar-refractivity contribution >= 4 is 0 Å². The zero-order chi connectivity index (χ0) is 9.80. The van der Waals surface area contributed by atoms with Crippen LogP contribution in [0.2, 0.25) is 0 Å². The van der Waals surface area contributed by atoms with E-state index in [0.29, 0.717) is 18.5 Å². The second-order valence-electron chi connectivity index (χ2n) is 3.58. The number of allylic oxidation sites excluding steroid dienone is 1. The molecule has 0 amide bonds. The van der Waals surface area contributed by atoms with Gasteiger partial charge in [0.1, 0.15) is 0 Å². The highest BCUT2D eigenvalue weighted by atomic mass is 16.5. The van der Waals surface area contributed by atoms with Gasteiger partial charge in [-0.2, -0.15) is 4.98 Å². The lowest BCUT2D eigenvalue weighted by Crippen LogP contribution is -2.28. The highest BCUT2D eigenvalue weighted by Crippen LogP contribution is 2.10. The number of nitrogens with one attached hydrogen (secondary N) is 1. The van der Waals surface area contributed by atoms with Crippen LogP contribution < -0.4 is 5.32 Å². The van der Waals surface area contributed by atoms with Crippen LogP contribution in [0.25, 0.3) is 0 Å². The first-order valence-corrected chi connectivity index (χ1v) is 5.04. The fourth-order valence-electron chi connectivity index (χ4n) is 1.62. The molecule has 1 aromatic rings. The molecule has 1 heterocycles. The Morgan fingerprint density at radius 1 is 1.64 bits per heavy atom. The second kappa shape index (κ2) is 4.37. The van der Waals surface area contributed by atoms with Crippen molar-refractivity contribution in [1.29, 1.82) is 0 Å². The third-order valence-corrected chi connectivity index (χ3v) is 2.35. The van der Waals surface area contributed by atoms with Crippen LogP contribution in [0.1, 0.15) is 31.0 Å². The topological polar surface area (TPSA) is 51.0 Å². The predicted molar refractivity (Wildman–Crippen MR) is 52.7 cm³/mol. The van der Waals surface area contributed by atoms with Gasteiger partial charge in [0.2, 0.25) is 5.89 Å². The van der Waals surface area contributed by atoms with E-state index in [1.54, 1.807) is 6.92 Å². The number of aromatic nitrogens is 2. The summed E-state index contributed by atoms with van der Waals surface area (Å²) in [5.74, 6) is 1.36. The van der Waals surface area contributed by atoms with Gasteiger partial charge < -0.3 is 9.84 Å². The van der Waals surface area contributed by atoms with Gasteiger partial charge in [-0.05, 0) is 19.3 Å². The molecule has 1 aromatic heterocycles. The summed E-state index contributed by atoms with van der Waals surface area (Å²) >= 11 is 0. The van der Waals surface area contributed by atoms with Crippen LogP contribution in [-0.4, -0.2) is 16.2 Å². The number of aryl methyl sites for hydroxylation is 1. The molecule has 0 bridgehead atoms. The van der Waals surface area contributed by atoms with Crippen molar-refractivity contribution in [2.75, 3.05) is 0 Å². The zero-order valence-corrected chi connectivity index (χ0v) is 8.36. The van der Waals surface area contributed by atoms with Gasteiger partial charge in [0.15, 0.2) is 5.82 Å². The quantitative estimate of drug-likeness (QED) is 0.740. The lowest BCUT2D eigenvalue weighted by Gasteiger charge is -2.16. The van der Waals surface area contributed by atoms with Crippen molar-refractivity contribution in [3.05, 3.63) is 23.9 Å². The lowest BCUT2D eigenvalue weighted by atomic mass is 10.0. The first-order chi connectivity index (χ1) is 6.84. The van der Waals surface area contributed by atoms with Gasteiger partial charge in [0, 0.05) is 13.0 Å². The average Bonchev–Trinajstić information content (AvgIpc) is 2.63. The SMILES string of the molecule is Cc1nc(CNC2C=CCCC2)no1. The molecule has 2 rings (SSSR count). The Bertz CT molecular complexity index is 319. The Morgan fingerprint density at radius 3 is 3.21 bits per heavy atom. The highest BCUT2D eigenvalue weighted by molar-refractivity contribution is 4.98. The maximum Gasteiger partial charge on any atom is 0.223 e. The molecule has 0 saturated heterocycles. The molecule has 1 unspecified atom stereocenters. The first kappa shape index (κ1) is 9.40. The summed E-state index contributed by atoms with van der Waals surface area (Å²) in [7, 11) is 0. The summed E-state index contributed by atoms with van der Waals surface area (Å²) in [6, 6.07) is 0.475. The van der Waals surface area contributed by atoms with Gasteiger partial charge in [-0.1, -0.05) is 17.3 Å². The Labute approximate surface area is 83.4 Å². The van der Waals surface area contributed by atoms with E-state index < -0.39 is 0 Å². The monoisotopic (exact) mass is 193 g/mol. The van der Waals surface area contributed by atoms with Gasteiger partial charge in [-0.3, -0.25) is 0 Å². The molecule has 4 heteroatoms. The summed E-state index contributed by atoms with van der Waals surface area (Å²) in [6.45, 7) is 2.49. The Hall–Kier alpha value is -1.16. The molecule has 14 heavy (non-hydrogen) atoms. The third kappa shape index (κ3) is 2.42. The standard InChI is InChI=1S/C10H15N3O/c1-8-12-10(13-14-8)7-11-9-5-3-2-4-6-9/h3,5,9,11H,2,4,6-7H2,1H3. The van der Waals surface area contributed by atoms with Crippen molar-refractivity contribution in [3.63, 3.8) is 0 Å². The second-order valence-corrected chi connectivity index (χ2v) is 3.58. The maximum atomic E-state index is 4.89. The highest BCUT2D eigenvalue weighted by Gasteiger charge is 2.09. The van der Waals surface area contributed by atoms with E-state index in [1.807, 2.05) is 0 Å². The molecule has 0 aromatic carbocycles. The summed E-state index contributed by atoms with van der Waals surface area (Å²) in [5.41, 5.74) is 0. The van der Waals surface area contributed by atoms with Crippen LogP contribution in [-0.2, 0) is 6.54 Å². The van der Waals surface area contributed by atoms with Crippen molar-refractivity contribution < 1.29 is 4.52 Å². The van der Waals surface area contributed by atoms with Crippen molar-refractivity contribution in [2.45, 2.75) is 38.8 Å². The van der Waals surface area contributed by atoms with Gasteiger partial charge in [-0.15, -0.1) is 0 Å². The van der Waals surface area contributed by atoms with E-state index in [9.17, 15) is 0 Å². The maximum absolute atomic E-state index is 4.89. The van der Waals surface area contributed by atoms with E-state index in [1.165, 1.54) is 19.3 Å². The van der Waals surface area contributed by atoms with Crippen LogP contribution in [0.15, 0.2) is 16.7 Å². The number of nitrogens with zero attached hydrogens (tertiary/aromatic N) is 2. The number of hydrogen-bond acceptors (Lipinski definition) is 4. The number of hydrogen-bond donors (Lipinski definition) is 1. The van der Waals surface area contributed by atoms with Gasteiger partial charge in [-0.25, -0.2) is 0 Å². The summed E-state index contributed by atoms with van der Waals surface area (Å²) in [6.07, 6.45) is 8.12. The van der Waals surface area contributed by atoms with Crippen molar-refractivity contribution in [2.24, 2.45) is 0 Å². The molecule has 1 atom stereocenters. The van der Waals surface area contributed by atoms with Crippen LogP contribution in [0, 0.1) is 6.92 Å². The van der Waals surface area contributed by atoms with Crippen LogP contribution in [0.4, 0.5) is 0 Å². The molecule has 0 saturated carbocycles. The van der Waals surface area contributed by atoms with Gasteiger partial charge in [0.05, 0.1) is 6.54 Å². The molecule has 0 fully saturated rings. The molecular weight excluding hydrogens is 178 g/mol. The minimum absolute atomic E-state index is 0.475. The minimum atomic E-state index is 0.475. The molecule has 1 aliphatic rings. The fraction of sp³-hybridized carbons (Fsp3) is 0.600. The van der Waals surface area contributed by atoms with Crippen molar-refractivity contribution in [3.8, 4) is 0 Å². The summed E-state index contributed by atoms with van der Waals surface area (Å²) in [5, 5.41) is 7.21. The minimum Gasteiger partial charge on any atom is -0.340 e. The van der Waals surface area contributed by atoms with E-state index in [2.05, 4.69) is 27.6 Å². The predicted octanol–water partition coefficient (Wildman–Crippen LogP) is 1.58. The normalized spacial score (nSPS) is 21.4. The van der Waals surface area contributed by atoms with Gasteiger partial charge in [0.25, 0.3) is 0 Å². The lowest BCUT2D eigenvalue weighted by molar-refractivity contribution is 0.383. The van der Waals surface area contributed by atoms with Gasteiger partial charge >= 0.3 is 0 Å². The van der Waals surface area contributed by atoms with Crippen LogP contribution in [0.3, 0.4) is 0 Å². The molecule has 1 N–H and O–H groups in total. The van der Waals surface area contributed by atoms with E-state index in [0.717, 1.165) is 5.82 Å². The fourth-order valence-corrected chi connectivity index (χ4v) is 1.62. The molecule has 1 aliphatic carbocycles. The third-order valence-electron chi connectivity index (χ3n) is 2.35. The Morgan fingerprint density at radius 2 is 2.57 bits per heavy atom. The largest absolute Gasteiger partial charge is 0.340 e. The molecule has 0 aliphatic heterocycles. The van der Waals surface area contributed by atoms with Crippen molar-refractivity contribution in [1.82, 2.24) is 15.5 Å². The molecule has 76 valence electrons. The van der Waals surface area contributed by atoms with E-state index in [4.69, 9.17) is 4.52 Å². The van der Waals surface area contributed by atoms with E-state index >= 15 is 0 Å².